The van der Waals surface area contributed by atoms with E-state index in [1.165, 1.54) is 23.5 Å². The van der Waals surface area contributed by atoms with E-state index in [-0.39, 0.29) is 23.1 Å². The van der Waals surface area contributed by atoms with Gasteiger partial charge in [-0.15, -0.1) is 11.3 Å². The third-order valence-electron chi connectivity index (χ3n) is 4.46. The maximum atomic E-state index is 13.0. The maximum Gasteiger partial charge on any atom is 0.276 e. The molecule has 1 aliphatic heterocycles. The summed E-state index contributed by atoms with van der Waals surface area (Å²) in [7, 11) is 0. The van der Waals surface area contributed by atoms with Gasteiger partial charge in [0.25, 0.3) is 11.8 Å². The number of carbonyl (C=O) groups is 2. The SMILES string of the molecule is O=C(Nc1nc(-c2ccc(F)cc2)cs1)c1cccc(C(=O)N2CCCC2)n1. The molecule has 0 aliphatic carbocycles. The lowest BCUT2D eigenvalue weighted by atomic mass is 10.2. The Bertz CT molecular complexity index is 1010. The molecule has 0 radical (unpaired) electrons. The van der Waals surface area contributed by atoms with Gasteiger partial charge in [-0.05, 0) is 49.2 Å². The highest BCUT2D eigenvalue weighted by Gasteiger charge is 2.21. The van der Waals surface area contributed by atoms with Gasteiger partial charge in [-0.1, -0.05) is 6.07 Å². The van der Waals surface area contributed by atoms with Gasteiger partial charge in [0.05, 0.1) is 5.69 Å². The van der Waals surface area contributed by atoms with Crippen molar-refractivity contribution in [1.29, 1.82) is 0 Å². The second-order valence-corrected chi connectivity index (χ2v) is 7.26. The highest BCUT2D eigenvalue weighted by Crippen LogP contribution is 2.25. The van der Waals surface area contributed by atoms with Crippen LogP contribution in [0.3, 0.4) is 0 Å². The molecular formula is C20H17FN4O2S. The predicted octanol–water partition coefficient (Wildman–Crippen LogP) is 3.83. The van der Waals surface area contributed by atoms with Crippen LogP contribution in [0.25, 0.3) is 11.3 Å². The van der Waals surface area contributed by atoms with Crippen molar-refractivity contribution in [2.24, 2.45) is 0 Å². The number of likely N-dealkylation sites (tertiary alicyclic amines) is 1. The van der Waals surface area contributed by atoms with E-state index >= 15 is 0 Å². The van der Waals surface area contributed by atoms with E-state index in [0.717, 1.165) is 31.5 Å². The fraction of sp³-hybridized carbons (Fsp3) is 0.200. The van der Waals surface area contributed by atoms with Gasteiger partial charge < -0.3 is 4.90 Å². The number of amides is 2. The molecule has 28 heavy (non-hydrogen) atoms. The summed E-state index contributed by atoms with van der Waals surface area (Å²) in [4.78, 5) is 35.3. The minimum absolute atomic E-state index is 0.153. The molecule has 3 heterocycles. The number of rotatable bonds is 4. The Morgan fingerprint density at radius 3 is 2.46 bits per heavy atom. The minimum Gasteiger partial charge on any atom is -0.337 e. The smallest absolute Gasteiger partial charge is 0.276 e. The van der Waals surface area contributed by atoms with E-state index in [1.807, 2.05) is 0 Å². The summed E-state index contributed by atoms with van der Waals surface area (Å²) < 4.78 is 13.0. The molecular weight excluding hydrogens is 379 g/mol. The summed E-state index contributed by atoms with van der Waals surface area (Å²) in [5.74, 6) is -0.905. The monoisotopic (exact) mass is 396 g/mol. The van der Waals surface area contributed by atoms with Gasteiger partial charge >= 0.3 is 0 Å². The number of carbonyl (C=O) groups excluding carboxylic acids is 2. The van der Waals surface area contributed by atoms with Gasteiger partial charge in [-0.25, -0.2) is 14.4 Å². The van der Waals surface area contributed by atoms with Crippen LogP contribution in [0.5, 0.6) is 0 Å². The van der Waals surface area contributed by atoms with Crippen molar-refractivity contribution in [3.63, 3.8) is 0 Å². The molecule has 1 aliphatic rings. The van der Waals surface area contributed by atoms with Crippen LogP contribution in [-0.4, -0.2) is 39.8 Å². The van der Waals surface area contributed by atoms with Crippen molar-refractivity contribution < 1.29 is 14.0 Å². The Morgan fingerprint density at radius 1 is 1.00 bits per heavy atom. The van der Waals surface area contributed by atoms with Crippen LogP contribution in [0.1, 0.15) is 33.8 Å². The van der Waals surface area contributed by atoms with Gasteiger partial charge in [0.15, 0.2) is 5.13 Å². The van der Waals surface area contributed by atoms with Gasteiger partial charge in [0.1, 0.15) is 17.2 Å². The van der Waals surface area contributed by atoms with Crippen LogP contribution in [0.15, 0.2) is 47.8 Å². The Morgan fingerprint density at radius 2 is 1.71 bits per heavy atom. The van der Waals surface area contributed by atoms with E-state index in [9.17, 15) is 14.0 Å². The third-order valence-corrected chi connectivity index (χ3v) is 5.22. The molecule has 1 saturated heterocycles. The quantitative estimate of drug-likeness (QED) is 0.727. The molecule has 8 heteroatoms. The van der Waals surface area contributed by atoms with Crippen molar-refractivity contribution in [2.45, 2.75) is 12.8 Å². The number of nitrogens with zero attached hydrogens (tertiary/aromatic N) is 3. The first-order chi connectivity index (χ1) is 13.6. The lowest BCUT2D eigenvalue weighted by Gasteiger charge is -2.14. The molecule has 0 atom stereocenters. The summed E-state index contributed by atoms with van der Waals surface area (Å²) in [6.45, 7) is 1.45. The van der Waals surface area contributed by atoms with Crippen molar-refractivity contribution in [3.05, 3.63) is 65.0 Å². The normalized spacial score (nSPS) is 13.5. The maximum absolute atomic E-state index is 13.0. The number of benzene rings is 1. The van der Waals surface area contributed by atoms with Gasteiger partial charge in [-0.2, -0.15) is 0 Å². The highest BCUT2D eigenvalue weighted by atomic mass is 32.1. The molecule has 2 aromatic heterocycles. The van der Waals surface area contributed by atoms with Gasteiger partial charge in [0, 0.05) is 24.0 Å². The van der Waals surface area contributed by atoms with Crippen LogP contribution in [-0.2, 0) is 0 Å². The Balaban J connectivity index is 1.47. The molecule has 3 aromatic rings. The Labute approximate surface area is 165 Å². The first-order valence-electron chi connectivity index (χ1n) is 8.89. The summed E-state index contributed by atoms with van der Waals surface area (Å²) in [5.41, 5.74) is 1.82. The number of nitrogens with one attached hydrogen (secondary N) is 1. The average molecular weight is 396 g/mol. The molecule has 0 spiro atoms. The minimum atomic E-state index is -0.434. The standard InChI is InChI=1S/C20H17FN4O2S/c21-14-8-6-13(7-9-14)17-12-28-20(23-17)24-18(26)15-4-3-5-16(22-15)19(27)25-10-1-2-11-25/h3-9,12H,1-2,10-11H2,(H,23,24,26). The first kappa shape index (κ1) is 18.2. The van der Waals surface area contributed by atoms with Crippen LogP contribution in [0.2, 0.25) is 0 Å². The zero-order chi connectivity index (χ0) is 19.5. The van der Waals surface area contributed by atoms with E-state index in [4.69, 9.17) is 0 Å². The second kappa shape index (κ2) is 7.85. The number of halogens is 1. The Kier molecular flexibility index (Phi) is 5.12. The zero-order valence-corrected chi connectivity index (χ0v) is 15.7. The highest BCUT2D eigenvalue weighted by molar-refractivity contribution is 7.14. The average Bonchev–Trinajstić information content (AvgIpc) is 3.40. The lowest BCUT2D eigenvalue weighted by Crippen LogP contribution is -2.29. The number of aromatic nitrogens is 2. The molecule has 0 saturated carbocycles. The second-order valence-electron chi connectivity index (χ2n) is 6.41. The third kappa shape index (κ3) is 3.91. The number of pyridine rings is 1. The molecule has 0 unspecified atom stereocenters. The first-order valence-corrected chi connectivity index (χ1v) is 9.77. The van der Waals surface area contributed by atoms with Gasteiger partial charge in [0.2, 0.25) is 0 Å². The lowest BCUT2D eigenvalue weighted by molar-refractivity contribution is 0.0787. The van der Waals surface area contributed by atoms with Crippen molar-refractivity contribution in [3.8, 4) is 11.3 Å². The molecule has 2 amide bonds. The number of anilines is 1. The van der Waals surface area contributed by atoms with Crippen LogP contribution in [0.4, 0.5) is 9.52 Å². The summed E-state index contributed by atoms with van der Waals surface area (Å²) >= 11 is 1.26. The van der Waals surface area contributed by atoms with E-state index in [1.54, 1.807) is 40.6 Å². The molecule has 1 fully saturated rings. The van der Waals surface area contributed by atoms with Crippen molar-refractivity contribution >= 4 is 28.3 Å². The van der Waals surface area contributed by atoms with E-state index < -0.39 is 5.91 Å². The molecule has 1 aromatic carbocycles. The summed E-state index contributed by atoms with van der Waals surface area (Å²) in [6, 6.07) is 10.8. The number of thiazole rings is 1. The van der Waals surface area contributed by atoms with E-state index in [2.05, 4.69) is 15.3 Å². The number of hydrogen-bond donors (Lipinski definition) is 1. The Hall–Kier alpha value is -3.13. The van der Waals surface area contributed by atoms with Crippen molar-refractivity contribution in [2.75, 3.05) is 18.4 Å². The largest absolute Gasteiger partial charge is 0.337 e. The van der Waals surface area contributed by atoms with Crippen LogP contribution >= 0.6 is 11.3 Å². The van der Waals surface area contributed by atoms with Crippen LogP contribution < -0.4 is 5.32 Å². The fourth-order valence-corrected chi connectivity index (χ4v) is 3.72. The summed E-state index contributed by atoms with van der Waals surface area (Å²) in [6.07, 6.45) is 1.98. The topological polar surface area (TPSA) is 75.2 Å². The van der Waals surface area contributed by atoms with E-state index in [0.29, 0.717) is 10.8 Å². The molecule has 0 bridgehead atoms. The molecule has 6 nitrogen and oxygen atoms in total. The van der Waals surface area contributed by atoms with Crippen molar-refractivity contribution in [1.82, 2.24) is 14.9 Å². The number of hydrogen-bond acceptors (Lipinski definition) is 5. The van der Waals surface area contributed by atoms with Gasteiger partial charge in [-0.3, -0.25) is 14.9 Å². The fourth-order valence-electron chi connectivity index (χ4n) is 3.01. The zero-order valence-electron chi connectivity index (χ0n) is 14.9. The van der Waals surface area contributed by atoms with Crippen LogP contribution in [0, 0.1) is 5.82 Å². The predicted molar refractivity (Wildman–Crippen MR) is 105 cm³/mol. The molecule has 142 valence electrons. The summed E-state index contributed by atoms with van der Waals surface area (Å²) in [5, 5.41) is 4.89. The molecule has 1 N–H and O–H groups in total. The molecule has 4 rings (SSSR count).